The van der Waals surface area contributed by atoms with E-state index in [9.17, 15) is 4.79 Å². The molecule has 0 radical (unpaired) electrons. The smallest absolute Gasteiger partial charge is 0.234 e. The van der Waals surface area contributed by atoms with Crippen molar-refractivity contribution in [3.05, 3.63) is 0 Å². The van der Waals surface area contributed by atoms with Gasteiger partial charge < -0.3 is 11.1 Å². The van der Waals surface area contributed by atoms with Crippen molar-refractivity contribution in [2.24, 2.45) is 5.73 Å². The molecule has 1 rings (SSSR count). The van der Waals surface area contributed by atoms with Crippen LogP contribution in [-0.4, -0.2) is 43.0 Å². The van der Waals surface area contributed by atoms with Gasteiger partial charge in [0.15, 0.2) is 0 Å². The van der Waals surface area contributed by atoms with Gasteiger partial charge in [-0.15, -0.1) is 0 Å². The van der Waals surface area contributed by atoms with Crippen molar-refractivity contribution in [1.82, 2.24) is 10.2 Å². The summed E-state index contributed by atoms with van der Waals surface area (Å²) in [5, 5.41) is 3.03. The molecule has 118 valence electrons. The van der Waals surface area contributed by atoms with Crippen LogP contribution in [0.5, 0.6) is 0 Å². The molecule has 1 amide bonds. The van der Waals surface area contributed by atoms with Crippen LogP contribution >= 0.6 is 0 Å². The van der Waals surface area contributed by atoms with Crippen molar-refractivity contribution < 1.29 is 4.79 Å². The van der Waals surface area contributed by atoms with Crippen LogP contribution in [0.4, 0.5) is 0 Å². The van der Waals surface area contributed by atoms with Crippen LogP contribution in [0.2, 0.25) is 0 Å². The van der Waals surface area contributed by atoms with Gasteiger partial charge in [0.2, 0.25) is 5.91 Å². The van der Waals surface area contributed by atoms with Crippen molar-refractivity contribution in [2.75, 3.05) is 26.2 Å². The van der Waals surface area contributed by atoms with Crippen LogP contribution in [0.3, 0.4) is 0 Å². The lowest BCUT2D eigenvalue weighted by Gasteiger charge is -2.30. The van der Waals surface area contributed by atoms with E-state index < -0.39 is 0 Å². The molecular weight excluding hydrogens is 250 g/mol. The van der Waals surface area contributed by atoms with Crippen molar-refractivity contribution in [3.63, 3.8) is 0 Å². The summed E-state index contributed by atoms with van der Waals surface area (Å²) in [7, 11) is 0. The van der Waals surface area contributed by atoms with Gasteiger partial charge in [-0.05, 0) is 32.2 Å². The topological polar surface area (TPSA) is 58.4 Å². The Bertz CT molecular complexity index is 250. The van der Waals surface area contributed by atoms with E-state index in [4.69, 9.17) is 5.73 Å². The van der Waals surface area contributed by atoms with Gasteiger partial charge in [0, 0.05) is 19.1 Å². The van der Waals surface area contributed by atoms with Gasteiger partial charge in [0.25, 0.3) is 0 Å². The largest absolute Gasteiger partial charge is 0.355 e. The minimum atomic E-state index is 0.180. The average Bonchev–Trinajstić information content (AvgIpc) is 2.72. The Morgan fingerprint density at radius 1 is 1.20 bits per heavy atom. The van der Waals surface area contributed by atoms with Crippen LogP contribution in [0.15, 0.2) is 0 Å². The number of rotatable bonds is 9. The number of nitrogens with one attached hydrogen (secondary N) is 1. The lowest BCUT2D eigenvalue weighted by Crippen LogP contribution is -2.44. The standard InChI is InChI=1S/C16H33N3O/c1-2-3-12-18-16(20)14-19(13-8-11-17)15-9-6-4-5-7-10-15/h15H,2-14,17H2,1H3,(H,18,20). The molecule has 0 atom stereocenters. The van der Waals surface area contributed by atoms with Gasteiger partial charge in [-0.1, -0.05) is 39.0 Å². The Kier molecular flexibility index (Phi) is 9.67. The lowest BCUT2D eigenvalue weighted by molar-refractivity contribution is -0.122. The molecule has 1 saturated carbocycles. The summed E-state index contributed by atoms with van der Waals surface area (Å²) in [6.07, 6.45) is 11.0. The highest BCUT2D eigenvalue weighted by Crippen LogP contribution is 2.21. The van der Waals surface area contributed by atoms with Gasteiger partial charge >= 0.3 is 0 Å². The maximum absolute atomic E-state index is 12.0. The summed E-state index contributed by atoms with van der Waals surface area (Å²) in [5.41, 5.74) is 5.64. The van der Waals surface area contributed by atoms with Crippen molar-refractivity contribution >= 4 is 5.91 Å². The predicted octanol–water partition coefficient (Wildman–Crippen LogP) is 2.28. The fourth-order valence-corrected chi connectivity index (χ4v) is 2.95. The molecule has 0 heterocycles. The first kappa shape index (κ1) is 17.4. The second-order valence-corrected chi connectivity index (χ2v) is 5.96. The number of hydrogen-bond donors (Lipinski definition) is 2. The molecule has 0 aromatic heterocycles. The molecule has 20 heavy (non-hydrogen) atoms. The fourth-order valence-electron chi connectivity index (χ4n) is 2.95. The number of carbonyl (C=O) groups excluding carboxylic acids is 1. The molecule has 0 aliphatic heterocycles. The number of nitrogens with zero attached hydrogens (tertiary/aromatic N) is 1. The molecule has 0 aromatic carbocycles. The summed E-state index contributed by atoms with van der Waals surface area (Å²) in [6, 6.07) is 0.584. The van der Waals surface area contributed by atoms with E-state index in [1.165, 1.54) is 38.5 Å². The second kappa shape index (κ2) is 11.1. The SMILES string of the molecule is CCCCNC(=O)CN(CCCN)C1CCCCCC1. The predicted molar refractivity (Wildman–Crippen MR) is 84.7 cm³/mol. The molecule has 0 saturated heterocycles. The number of carbonyl (C=O) groups is 1. The zero-order valence-corrected chi connectivity index (χ0v) is 13.2. The molecule has 1 aliphatic carbocycles. The Labute approximate surface area is 124 Å². The molecule has 4 heteroatoms. The molecule has 4 nitrogen and oxygen atoms in total. The van der Waals surface area contributed by atoms with Crippen molar-refractivity contribution in [1.29, 1.82) is 0 Å². The van der Waals surface area contributed by atoms with Crippen molar-refractivity contribution in [3.8, 4) is 0 Å². The quantitative estimate of drug-likeness (QED) is 0.504. The Hall–Kier alpha value is -0.610. The Morgan fingerprint density at radius 3 is 2.50 bits per heavy atom. The first-order chi connectivity index (χ1) is 9.77. The van der Waals surface area contributed by atoms with Crippen LogP contribution in [0.25, 0.3) is 0 Å². The molecule has 1 fully saturated rings. The van der Waals surface area contributed by atoms with Gasteiger partial charge in [-0.25, -0.2) is 0 Å². The minimum Gasteiger partial charge on any atom is -0.355 e. The molecule has 0 unspecified atom stereocenters. The Balaban J connectivity index is 2.42. The Morgan fingerprint density at radius 2 is 1.90 bits per heavy atom. The number of hydrogen-bond acceptors (Lipinski definition) is 3. The van der Waals surface area contributed by atoms with Gasteiger partial charge in [-0.3, -0.25) is 9.69 Å². The summed E-state index contributed by atoms with van der Waals surface area (Å²) >= 11 is 0. The lowest BCUT2D eigenvalue weighted by atomic mass is 10.1. The summed E-state index contributed by atoms with van der Waals surface area (Å²) in [5.74, 6) is 0.180. The first-order valence-electron chi connectivity index (χ1n) is 8.48. The van der Waals surface area contributed by atoms with E-state index in [1.54, 1.807) is 0 Å². The number of amides is 1. The average molecular weight is 283 g/mol. The highest BCUT2D eigenvalue weighted by atomic mass is 16.2. The zero-order valence-electron chi connectivity index (χ0n) is 13.2. The third-order valence-electron chi connectivity index (χ3n) is 4.19. The second-order valence-electron chi connectivity index (χ2n) is 5.96. The summed E-state index contributed by atoms with van der Waals surface area (Å²) in [6.45, 7) is 5.17. The monoisotopic (exact) mass is 283 g/mol. The van der Waals surface area contributed by atoms with Crippen LogP contribution in [0, 0.1) is 0 Å². The van der Waals surface area contributed by atoms with Crippen molar-refractivity contribution in [2.45, 2.75) is 70.8 Å². The van der Waals surface area contributed by atoms with Gasteiger partial charge in [0.1, 0.15) is 0 Å². The zero-order chi connectivity index (χ0) is 14.6. The fraction of sp³-hybridized carbons (Fsp3) is 0.938. The first-order valence-corrected chi connectivity index (χ1v) is 8.48. The normalized spacial score (nSPS) is 17.1. The third-order valence-corrected chi connectivity index (χ3v) is 4.19. The van der Waals surface area contributed by atoms with Gasteiger partial charge in [-0.2, -0.15) is 0 Å². The summed E-state index contributed by atoms with van der Waals surface area (Å²) < 4.78 is 0. The molecule has 3 N–H and O–H groups in total. The van der Waals surface area contributed by atoms with E-state index >= 15 is 0 Å². The molecule has 1 aliphatic rings. The van der Waals surface area contributed by atoms with E-state index in [2.05, 4.69) is 17.1 Å². The van der Waals surface area contributed by atoms with Gasteiger partial charge in [0.05, 0.1) is 6.54 Å². The minimum absolute atomic E-state index is 0.180. The molecular formula is C16H33N3O. The van der Waals surface area contributed by atoms with Crippen LogP contribution < -0.4 is 11.1 Å². The molecule has 0 spiro atoms. The van der Waals surface area contributed by atoms with Crippen LogP contribution in [-0.2, 0) is 4.79 Å². The molecule has 0 aromatic rings. The van der Waals surface area contributed by atoms with Crippen LogP contribution in [0.1, 0.15) is 64.7 Å². The van der Waals surface area contributed by atoms with E-state index in [0.29, 0.717) is 19.1 Å². The van der Waals surface area contributed by atoms with E-state index in [-0.39, 0.29) is 5.91 Å². The molecule has 0 bridgehead atoms. The third kappa shape index (κ3) is 7.25. The number of unbranched alkanes of at least 4 members (excludes halogenated alkanes) is 1. The highest BCUT2D eigenvalue weighted by molar-refractivity contribution is 5.78. The highest BCUT2D eigenvalue weighted by Gasteiger charge is 2.21. The number of nitrogens with two attached hydrogens (primary N) is 1. The van der Waals surface area contributed by atoms with E-state index in [0.717, 1.165) is 32.4 Å². The maximum atomic E-state index is 12.0. The maximum Gasteiger partial charge on any atom is 0.234 e. The summed E-state index contributed by atoms with van der Waals surface area (Å²) in [4.78, 5) is 14.4. The van der Waals surface area contributed by atoms with E-state index in [1.807, 2.05) is 0 Å².